The zero-order valence-corrected chi connectivity index (χ0v) is 20.9. The fourth-order valence-corrected chi connectivity index (χ4v) is 5.82. The van der Waals surface area contributed by atoms with E-state index in [1.807, 2.05) is 36.9 Å². The number of fused-ring (bicyclic) bond motifs is 4. The number of rotatable bonds is 4. The Bertz CT molecular complexity index is 1510. The molecule has 36 heavy (non-hydrogen) atoms. The van der Waals surface area contributed by atoms with Gasteiger partial charge in [0.2, 0.25) is 5.91 Å². The lowest BCUT2D eigenvalue weighted by Crippen LogP contribution is -2.49. The van der Waals surface area contributed by atoms with E-state index < -0.39 is 0 Å². The van der Waals surface area contributed by atoms with Gasteiger partial charge in [0, 0.05) is 72.7 Å². The van der Waals surface area contributed by atoms with Gasteiger partial charge in [0.25, 0.3) is 0 Å². The standard InChI is InChI=1S/C29H31N3O4/c1-18-20(10-11-26(33)32-15-13-31(14-16-32)25-9-5-6-12-30-25)29(34)36-27-19(2)28-23(17-22(18)27)21-7-3-4-8-24(21)35-28/h5-6,9,12,17H,3-4,7-8,10-11,13-16H2,1-2H3. The van der Waals surface area contributed by atoms with Crippen LogP contribution in [-0.2, 0) is 24.1 Å². The third-order valence-electron chi connectivity index (χ3n) is 7.92. The second-order valence-corrected chi connectivity index (χ2v) is 10.0. The highest BCUT2D eigenvalue weighted by Gasteiger charge is 2.25. The molecule has 4 aromatic rings. The summed E-state index contributed by atoms with van der Waals surface area (Å²) in [6.07, 6.45) is 6.77. The molecule has 2 aliphatic rings. The maximum atomic E-state index is 13.0. The highest BCUT2D eigenvalue weighted by Crippen LogP contribution is 2.38. The van der Waals surface area contributed by atoms with Crippen molar-refractivity contribution in [3.05, 3.63) is 68.9 Å². The first-order chi connectivity index (χ1) is 17.5. The Labute approximate surface area is 209 Å². The highest BCUT2D eigenvalue weighted by atomic mass is 16.4. The van der Waals surface area contributed by atoms with Crippen molar-refractivity contribution >= 4 is 33.7 Å². The van der Waals surface area contributed by atoms with E-state index >= 15 is 0 Å². The molecule has 0 saturated carbocycles. The van der Waals surface area contributed by atoms with Crippen molar-refractivity contribution in [2.24, 2.45) is 0 Å². The molecular weight excluding hydrogens is 454 g/mol. The van der Waals surface area contributed by atoms with E-state index in [4.69, 9.17) is 8.83 Å². The van der Waals surface area contributed by atoms with Gasteiger partial charge in [0.1, 0.15) is 22.7 Å². The summed E-state index contributed by atoms with van der Waals surface area (Å²) >= 11 is 0. The van der Waals surface area contributed by atoms with Gasteiger partial charge >= 0.3 is 5.63 Å². The summed E-state index contributed by atoms with van der Waals surface area (Å²) in [5.74, 6) is 2.09. The molecule has 7 nitrogen and oxygen atoms in total. The normalized spacial score (nSPS) is 16.1. The summed E-state index contributed by atoms with van der Waals surface area (Å²) in [5, 5.41) is 2.08. The van der Waals surface area contributed by atoms with Gasteiger partial charge in [-0.15, -0.1) is 0 Å². The zero-order chi connectivity index (χ0) is 24.8. The first-order valence-electron chi connectivity index (χ1n) is 12.9. The third kappa shape index (κ3) is 3.87. The molecule has 6 rings (SSSR count). The first kappa shape index (κ1) is 22.8. The fourth-order valence-electron chi connectivity index (χ4n) is 5.82. The molecule has 1 aliphatic heterocycles. The van der Waals surface area contributed by atoms with Gasteiger partial charge in [-0.25, -0.2) is 9.78 Å². The molecule has 0 radical (unpaired) electrons. The van der Waals surface area contributed by atoms with Crippen LogP contribution >= 0.6 is 0 Å². The van der Waals surface area contributed by atoms with E-state index in [1.165, 1.54) is 12.0 Å². The van der Waals surface area contributed by atoms with Crippen molar-refractivity contribution in [1.29, 1.82) is 0 Å². The van der Waals surface area contributed by atoms with E-state index in [1.54, 1.807) is 6.20 Å². The molecule has 0 spiro atoms. The topological polar surface area (TPSA) is 79.8 Å². The number of amides is 1. The van der Waals surface area contributed by atoms with E-state index in [0.717, 1.165) is 71.4 Å². The van der Waals surface area contributed by atoms with Crippen molar-refractivity contribution < 1.29 is 13.6 Å². The third-order valence-corrected chi connectivity index (χ3v) is 7.92. The van der Waals surface area contributed by atoms with Crippen LogP contribution < -0.4 is 10.5 Å². The smallest absolute Gasteiger partial charge is 0.339 e. The van der Waals surface area contributed by atoms with Crippen molar-refractivity contribution in [1.82, 2.24) is 9.88 Å². The van der Waals surface area contributed by atoms with Crippen LogP contribution in [0, 0.1) is 13.8 Å². The van der Waals surface area contributed by atoms with Crippen LogP contribution in [-0.4, -0.2) is 42.0 Å². The Morgan fingerprint density at radius 1 is 0.972 bits per heavy atom. The number of anilines is 1. The number of hydrogen-bond donors (Lipinski definition) is 0. The molecule has 1 amide bonds. The predicted molar refractivity (Wildman–Crippen MR) is 140 cm³/mol. The molecule has 0 bridgehead atoms. The van der Waals surface area contributed by atoms with Crippen LogP contribution in [0.5, 0.6) is 0 Å². The zero-order valence-electron chi connectivity index (χ0n) is 20.9. The van der Waals surface area contributed by atoms with Crippen molar-refractivity contribution in [3.8, 4) is 0 Å². The molecule has 0 atom stereocenters. The van der Waals surface area contributed by atoms with Gasteiger partial charge in [0.05, 0.1) is 0 Å². The molecule has 186 valence electrons. The lowest BCUT2D eigenvalue weighted by molar-refractivity contribution is -0.131. The summed E-state index contributed by atoms with van der Waals surface area (Å²) in [7, 11) is 0. The number of pyridine rings is 1. The van der Waals surface area contributed by atoms with Crippen LogP contribution in [0.4, 0.5) is 5.82 Å². The second kappa shape index (κ2) is 9.12. The Morgan fingerprint density at radius 2 is 1.75 bits per heavy atom. The average Bonchev–Trinajstić information content (AvgIpc) is 3.29. The number of nitrogens with zero attached hydrogens (tertiary/aromatic N) is 3. The fraction of sp³-hybridized carbons (Fsp3) is 0.414. The molecule has 1 fully saturated rings. The maximum Gasteiger partial charge on any atom is 0.339 e. The predicted octanol–water partition coefficient (Wildman–Crippen LogP) is 4.71. The summed E-state index contributed by atoms with van der Waals surface area (Å²) < 4.78 is 12.0. The number of hydrogen-bond acceptors (Lipinski definition) is 6. The monoisotopic (exact) mass is 485 g/mol. The molecule has 1 aromatic carbocycles. The minimum absolute atomic E-state index is 0.0742. The molecule has 0 unspecified atom stereocenters. The number of piperazine rings is 1. The molecule has 4 heterocycles. The van der Waals surface area contributed by atoms with Gasteiger partial charge < -0.3 is 18.6 Å². The summed E-state index contributed by atoms with van der Waals surface area (Å²) in [4.78, 5) is 34.5. The first-order valence-corrected chi connectivity index (χ1v) is 12.9. The number of carbonyl (C=O) groups excluding carboxylic acids is 1. The molecular formula is C29H31N3O4. The van der Waals surface area contributed by atoms with Gasteiger partial charge in [-0.05, 0) is 63.3 Å². The van der Waals surface area contributed by atoms with Crippen molar-refractivity contribution in [2.45, 2.75) is 52.4 Å². The van der Waals surface area contributed by atoms with E-state index in [9.17, 15) is 9.59 Å². The maximum absolute atomic E-state index is 13.0. The molecule has 1 saturated heterocycles. The molecule has 1 aliphatic carbocycles. The van der Waals surface area contributed by atoms with E-state index in [-0.39, 0.29) is 11.5 Å². The van der Waals surface area contributed by atoms with Crippen LogP contribution in [0.3, 0.4) is 0 Å². The quantitative estimate of drug-likeness (QED) is 0.390. The lowest BCUT2D eigenvalue weighted by Gasteiger charge is -2.35. The Kier molecular flexibility index (Phi) is 5.78. The van der Waals surface area contributed by atoms with Gasteiger partial charge in [-0.2, -0.15) is 0 Å². The van der Waals surface area contributed by atoms with Crippen molar-refractivity contribution in [2.75, 3.05) is 31.1 Å². The van der Waals surface area contributed by atoms with Crippen LogP contribution in [0.1, 0.15) is 47.3 Å². The number of aromatic nitrogens is 1. The Morgan fingerprint density at radius 3 is 2.53 bits per heavy atom. The highest BCUT2D eigenvalue weighted by molar-refractivity contribution is 6.00. The number of carbonyl (C=O) groups is 1. The van der Waals surface area contributed by atoms with Crippen LogP contribution in [0.25, 0.3) is 21.9 Å². The molecule has 0 N–H and O–H groups in total. The second-order valence-electron chi connectivity index (χ2n) is 10.0. The number of aryl methyl sites for hydroxylation is 4. The van der Waals surface area contributed by atoms with Gasteiger partial charge in [-0.1, -0.05) is 6.07 Å². The minimum atomic E-state index is -0.355. The average molecular weight is 486 g/mol. The van der Waals surface area contributed by atoms with Crippen molar-refractivity contribution in [3.63, 3.8) is 0 Å². The Balaban J connectivity index is 1.22. The number of benzene rings is 1. The van der Waals surface area contributed by atoms with Gasteiger partial charge in [-0.3, -0.25) is 4.79 Å². The summed E-state index contributed by atoms with van der Waals surface area (Å²) in [5.41, 5.74) is 4.76. The van der Waals surface area contributed by atoms with Crippen LogP contribution in [0.2, 0.25) is 0 Å². The summed E-state index contributed by atoms with van der Waals surface area (Å²) in [6.45, 7) is 6.76. The molecule has 3 aromatic heterocycles. The minimum Gasteiger partial charge on any atom is -0.460 e. The van der Waals surface area contributed by atoms with Gasteiger partial charge in [0.15, 0.2) is 0 Å². The SMILES string of the molecule is Cc1c(CCC(=O)N2CCN(c3ccccn3)CC2)c(=O)oc2c(C)c3oc4c(c3cc12)CCCC4. The largest absolute Gasteiger partial charge is 0.460 e. The van der Waals surface area contributed by atoms with E-state index in [2.05, 4.69) is 16.0 Å². The Hall–Kier alpha value is -3.61. The molecule has 7 heteroatoms. The lowest BCUT2D eigenvalue weighted by atomic mass is 9.93. The van der Waals surface area contributed by atoms with Crippen LogP contribution in [0.15, 0.2) is 44.1 Å². The summed E-state index contributed by atoms with van der Waals surface area (Å²) in [6, 6.07) is 8.01. The number of furan rings is 1. The van der Waals surface area contributed by atoms with E-state index in [0.29, 0.717) is 37.1 Å².